The van der Waals surface area contributed by atoms with Gasteiger partial charge in [0.1, 0.15) is 5.69 Å². The third-order valence-electron chi connectivity index (χ3n) is 5.40. The predicted molar refractivity (Wildman–Crippen MR) is 93.0 cm³/mol. The molecule has 1 aliphatic carbocycles. The van der Waals surface area contributed by atoms with E-state index >= 15 is 0 Å². The Morgan fingerprint density at radius 2 is 2.09 bits per heavy atom. The zero-order valence-corrected chi connectivity index (χ0v) is 14.4. The highest BCUT2D eigenvalue weighted by Gasteiger charge is 2.33. The molecule has 3 fully saturated rings. The molecule has 0 radical (unpaired) electrons. The molecule has 1 amide bonds. The summed E-state index contributed by atoms with van der Waals surface area (Å²) in [4.78, 5) is 19.4. The number of piperidine rings is 2. The van der Waals surface area contributed by atoms with E-state index in [4.69, 9.17) is 0 Å². The van der Waals surface area contributed by atoms with Gasteiger partial charge in [-0.1, -0.05) is 6.42 Å². The molecule has 5 nitrogen and oxygen atoms in total. The van der Waals surface area contributed by atoms with Crippen molar-refractivity contribution in [2.24, 2.45) is 5.92 Å². The number of anilines is 1. The first-order valence-electron chi connectivity index (χ1n) is 9.04. The zero-order valence-electron chi connectivity index (χ0n) is 13.6. The molecular weight excluding hydrogens is 308 g/mol. The van der Waals surface area contributed by atoms with Gasteiger partial charge >= 0.3 is 0 Å². The summed E-state index contributed by atoms with van der Waals surface area (Å²) in [7, 11) is 0. The molecule has 2 atom stereocenters. The normalized spacial score (nSPS) is 28.2. The van der Waals surface area contributed by atoms with Gasteiger partial charge in [0.15, 0.2) is 5.13 Å². The highest BCUT2D eigenvalue weighted by Crippen LogP contribution is 2.30. The van der Waals surface area contributed by atoms with Crippen molar-refractivity contribution in [1.29, 1.82) is 0 Å². The summed E-state index contributed by atoms with van der Waals surface area (Å²) < 4.78 is 0. The van der Waals surface area contributed by atoms with Crippen LogP contribution in [0.2, 0.25) is 0 Å². The van der Waals surface area contributed by atoms with E-state index in [2.05, 4.69) is 20.5 Å². The number of rotatable bonds is 5. The topological polar surface area (TPSA) is 57.3 Å². The summed E-state index contributed by atoms with van der Waals surface area (Å²) in [5.41, 5.74) is 0.564. The Balaban J connectivity index is 1.30. The second-order valence-electron chi connectivity index (χ2n) is 7.17. The third-order valence-corrected chi connectivity index (χ3v) is 6.17. The molecule has 2 unspecified atom stereocenters. The standard InChI is InChI=1S/C17H26N4OS/c22-16(14-11-23-17(20-14)19-13-6-7-13)18-10-12-4-3-9-21-8-2-1-5-15(12)21/h11-13,15H,1-10H2,(H,18,22)(H,19,20). The number of nitrogens with zero attached hydrogens (tertiary/aromatic N) is 2. The van der Waals surface area contributed by atoms with Crippen LogP contribution in [0.1, 0.15) is 55.4 Å². The lowest BCUT2D eigenvalue weighted by Crippen LogP contribution is -2.51. The van der Waals surface area contributed by atoms with Gasteiger partial charge in [0.2, 0.25) is 0 Å². The van der Waals surface area contributed by atoms with Gasteiger partial charge in [-0.15, -0.1) is 11.3 Å². The van der Waals surface area contributed by atoms with Crippen molar-refractivity contribution >= 4 is 22.4 Å². The molecule has 23 heavy (non-hydrogen) atoms. The maximum atomic E-state index is 12.4. The lowest BCUT2D eigenvalue weighted by atomic mass is 9.83. The van der Waals surface area contributed by atoms with E-state index in [-0.39, 0.29) is 5.91 Å². The highest BCUT2D eigenvalue weighted by atomic mass is 32.1. The van der Waals surface area contributed by atoms with Crippen molar-refractivity contribution in [3.63, 3.8) is 0 Å². The molecule has 1 aromatic heterocycles. The van der Waals surface area contributed by atoms with Crippen molar-refractivity contribution in [3.8, 4) is 0 Å². The van der Waals surface area contributed by atoms with Gasteiger partial charge in [0.25, 0.3) is 5.91 Å². The molecular formula is C17H26N4OS. The Morgan fingerprint density at radius 3 is 2.96 bits per heavy atom. The molecule has 2 N–H and O–H groups in total. The smallest absolute Gasteiger partial charge is 0.270 e. The summed E-state index contributed by atoms with van der Waals surface area (Å²) in [5.74, 6) is 0.591. The monoisotopic (exact) mass is 334 g/mol. The van der Waals surface area contributed by atoms with E-state index in [0.717, 1.165) is 11.7 Å². The second kappa shape index (κ2) is 6.77. The molecule has 1 saturated carbocycles. The van der Waals surface area contributed by atoms with Crippen LogP contribution in [0.4, 0.5) is 5.13 Å². The summed E-state index contributed by atoms with van der Waals surface area (Å²) in [5, 5.41) is 9.24. The van der Waals surface area contributed by atoms with Crippen LogP contribution in [0.3, 0.4) is 0 Å². The fourth-order valence-corrected chi connectivity index (χ4v) is 4.75. The summed E-state index contributed by atoms with van der Waals surface area (Å²) in [6, 6.07) is 1.26. The fraction of sp³-hybridized carbons (Fsp3) is 0.765. The fourth-order valence-electron chi connectivity index (χ4n) is 3.98. The van der Waals surface area contributed by atoms with Crippen LogP contribution < -0.4 is 10.6 Å². The lowest BCUT2D eigenvalue weighted by molar-refractivity contribution is 0.0575. The highest BCUT2D eigenvalue weighted by molar-refractivity contribution is 7.13. The number of carbonyl (C=O) groups is 1. The average Bonchev–Trinajstić information content (AvgIpc) is 3.27. The predicted octanol–water partition coefficient (Wildman–Crippen LogP) is 2.71. The van der Waals surface area contributed by atoms with Gasteiger partial charge in [-0.3, -0.25) is 4.79 Å². The van der Waals surface area contributed by atoms with Crippen LogP contribution in [-0.4, -0.2) is 47.5 Å². The van der Waals surface area contributed by atoms with Crippen molar-refractivity contribution in [2.45, 2.75) is 57.0 Å². The Bertz CT molecular complexity index is 555. The number of hydrogen-bond acceptors (Lipinski definition) is 5. The number of fused-ring (bicyclic) bond motifs is 1. The molecule has 2 saturated heterocycles. The summed E-state index contributed by atoms with van der Waals surface area (Å²) in [6.45, 7) is 3.29. The molecule has 4 rings (SSSR count). The molecule has 3 aliphatic rings. The van der Waals surface area contributed by atoms with E-state index in [9.17, 15) is 4.79 Å². The van der Waals surface area contributed by atoms with Gasteiger partial charge in [-0.25, -0.2) is 4.98 Å². The van der Waals surface area contributed by atoms with Gasteiger partial charge in [0, 0.05) is 24.0 Å². The van der Waals surface area contributed by atoms with Crippen LogP contribution in [0, 0.1) is 5.92 Å². The third kappa shape index (κ3) is 3.69. The first-order chi connectivity index (χ1) is 11.3. The molecule has 0 spiro atoms. The molecule has 1 aromatic rings. The number of amides is 1. The van der Waals surface area contributed by atoms with Gasteiger partial charge < -0.3 is 15.5 Å². The molecule has 0 bridgehead atoms. The van der Waals surface area contributed by atoms with Crippen LogP contribution in [0.5, 0.6) is 0 Å². The largest absolute Gasteiger partial charge is 0.359 e. The van der Waals surface area contributed by atoms with E-state index in [1.54, 1.807) is 0 Å². The lowest BCUT2D eigenvalue weighted by Gasteiger charge is -2.44. The van der Waals surface area contributed by atoms with Crippen LogP contribution in [-0.2, 0) is 0 Å². The van der Waals surface area contributed by atoms with Crippen LogP contribution in [0.25, 0.3) is 0 Å². The molecule has 0 aromatic carbocycles. The Labute approximate surface area is 141 Å². The Morgan fingerprint density at radius 1 is 1.22 bits per heavy atom. The van der Waals surface area contributed by atoms with E-state index in [0.29, 0.717) is 23.7 Å². The summed E-state index contributed by atoms with van der Waals surface area (Å²) in [6.07, 6.45) is 8.93. The minimum atomic E-state index is -0.0157. The van der Waals surface area contributed by atoms with Gasteiger partial charge in [-0.05, 0) is 57.5 Å². The van der Waals surface area contributed by atoms with Crippen molar-refractivity contribution in [2.75, 3.05) is 25.0 Å². The van der Waals surface area contributed by atoms with Crippen molar-refractivity contribution in [1.82, 2.24) is 15.2 Å². The van der Waals surface area contributed by atoms with E-state index in [1.165, 1.54) is 69.4 Å². The van der Waals surface area contributed by atoms with Crippen LogP contribution in [0.15, 0.2) is 5.38 Å². The number of aromatic nitrogens is 1. The number of hydrogen-bond donors (Lipinski definition) is 2. The van der Waals surface area contributed by atoms with Gasteiger partial charge in [-0.2, -0.15) is 0 Å². The first-order valence-corrected chi connectivity index (χ1v) is 9.92. The van der Waals surface area contributed by atoms with Crippen molar-refractivity contribution < 1.29 is 4.79 Å². The SMILES string of the molecule is O=C(NCC1CCCN2CCCCC12)c1csc(NC2CC2)n1. The van der Waals surface area contributed by atoms with Gasteiger partial charge in [0.05, 0.1) is 0 Å². The van der Waals surface area contributed by atoms with E-state index < -0.39 is 0 Å². The zero-order chi connectivity index (χ0) is 15.6. The van der Waals surface area contributed by atoms with Crippen LogP contribution >= 0.6 is 11.3 Å². The Hall–Kier alpha value is -1.14. The molecule has 6 heteroatoms. The molecule has 126 valence electrons. The van der Waals surface area contributed by atoms with Crippen molar-refractivity contribution in [3.05, 3.63) is 11.1 Å². The molecule has 3 heterocycles. The van der Waals surface area contributed by atoms with E-state index in [1.807, 2.05) is 5.38 Å². The Kier molecular flexibility index (Phi) is 4.53. The average molecular weight is 334 g/mol. The quantitative estimate of drug-likeness (QED) is 0.869. The second-order valence-corrected chi connectivity index (χ2v) is 8.03. The summed E-state index contributed by atoms with van der Waals surface area (Å²) >= 11 is 1.53. The number of carbonyl (C=O) groups excluding carboxylic acids is 1. The maximum absolute atomic E-state index is 12.4. The molecule has 2 aliphatic heterocycles. The number of thiazole rings is 1. The minimum Gasteiger partial charge on any atom is -0.359 e. The number of nitrogens with one attached hydrogen (secondary N) is 2. The minimum absolute atomic E-state index is 0.0157. The maximum Gasteiger partial charge on any atom is 0.270 e. The first kappa shape index (κ1) is 15.4.